The van der Waals surface area contributed by atoms with Crippen molar-refractivity contribution in [1.82, 2.24) is 4.57 Å². The summed E-state index contributed by atoms with van der Waals surface area (Å²) in [5.41, 5.74) is 3.15. The van der Waals surface area contributed by atoms with Crippen LogP contribution in [0.15, 0.2) is 64.1 Å². The van der Waals surface area contributed by atoms with Gasteiger partial charge in [0, 0.05) is 29.1 Å². The Hall–Kier alpha value is -2.51. The zero-order valence-corrected chi connectivity index (χ0v) is 15.9. The molecule has 0 fully saturated rings. The molecule has 1 aromatic heterocycles. The molecule has 0 aliphatic heterocycles. The van der Waals surface area contributed by atoms with Crippen LogP contribution in [-0.4, -0.2) is 22.2 Å². The lowest BCUT2D eigenvalue weighted by atomic mass is 10.1. The molecule has 0 spiro atoms. The molecule has 1 N–H and O–H groups in total. The van der Waals surface area contributed by atoms with E-state index in [4.69, 9.17) is 0 Å². The zero-order valence-electron chi connectivity index (χ0n) is 13.4. The van der Waals surface area contributed by atoms with Crippen molar-refractivity contribution in [2.75, 3.05) is 0 Å². The number of thiazole rings is 1. The van der Waals surface area contributed by atoms with Crippen LogP contribution in [0.2, 0.25) is 0 Å². The lowest BCUT2D eigenvalue weighted by Crippen LogP contribution is -2.10. The molecular formula is C18H16BrN3O2S. The van der Waals surface area contributed by atoms with E-state index in [9.17, 15) is 9.90 Å². The predicted molar refractivity (Wildman–Crippen MR) is 106 cm³/mol. The van der Waals surface area contributed by atoms with Crippen LogP contribution >= 0.6 is 28.3 Å². The molecule has 0 aliphatic rings. The van der Waals surface area contributed by atoms with E-state index in [2.05, 4.69) is 10.2 Å². The van der Waals surface area contributed by atoms with E-state index < -0.39 is 0 Å². The van der Waals surface area contributed by atoms with Gasteiger partial charge in [0.25, 0.3) is 0 Å². The van der Waals surface area contributed by atoms with E-state index in [0.29, 0.717) is 10.4 Å². The van der Waals surface area contributed by atoms with Gasteiger partial charge in [-0.2, -0.15) is 5.10 Å². The van der Waals surface area contributed by atoms with Crippen LogP contribution in [0.3, 0.4) is 0 Å². The fourth-order valence-electron chi connectivity index (χ4n) is 2.26. The minimum absolute atomic E-state index is 0. The lowest BCUT2D eigenvalue weighted by molar-refractivity contribution is 0.112. The molecule has 0 atom stereocenters. The summed E-state index contributed by atoms with van der Waals surface area (Å²) >= 11 is 1.45. The second kappa shape index (κ2) is 8.55. The lowest BCUT2D eigenvalue weighted by Gasteiger charge is -2.02. The molecule has 0 aliphatic carbocycles. The summed E-state index contributed by atoms with van der Waals surface area (Å²) in [5.74, 6) is 0.223. The number of benzene rings is 2. The minimum Gasteiger partial charge on any atom is -0.508 e. The van der Waals surface area contributed by atoms with Crippen molar-refractivity contribution in [3.8, 4) is 17.0 Å². The van der Waals surface area contributed by atoms with E-state index >= 15 is 0 Å². The molecule has 0 radical (unpaired) electrons. The van der Waals surface area contributed by atoms with Gasteiger partial charge in [0.15, 0.2) is 6.29 Å². The smallest absolute Gasteiger partial charge is 0.210 e. The van der Waals surface area contributed by atoms with E-state index in [0.717, 1.165) is 23.1 Å². The highest BCUT2D eigenvalue weighted by molar-refractivity contribution is 8.93. The Morgan fingerprint density at radius 3 is 2.60 bits per heavy atom. The van der Waals surface area contributed by atoms with Crippen LogP contribution in [0.5, 0.6) is 5.75 Å². The summed E-state index contributed by atoms with van der Waals surface area (Å²) in [6.45, 7) is 0. The second-order valence-electron chi connectivity index (χ2n) is 5.10. The van der Waals surface area contributed by atoms with Gasteiger partial charge in [-0.1, -0.05) is 36.4 Å². The minimum atomic E-state index is 0. The number of nitrogens with zero attached hydrogens (tertiary/aromatic N) is 3. The summed E-state index contributed by atoms with van der Waals surface area (Å²) < 4.78 is 1.91. The van der Waals surface area contributed by atoms with Crippen LogP contribution in [0.25, 0.3) is 11.3 Å². The molecule has 5 nitrogen and oxygen atoms in total. The van der Waals surface area contributed by atoms with Crippen molar-refractivity contribution in [2.24, 2.45) is 17.3 Å². The topological polar surface area (TPSA) is 66.9 Å². The fourth-order valence-corrected chi connectivity index (χ4v) is 3.13. The van der Waals surface area contributed by atoms with Crippen molar-refractivity contribution in [3.63, 3.8) is 0 Å². The van der Waals surface area contributed by atoms with Gasteiger partial charge in [-0.3, -0.25) is 4.79 Å². The number of phenols is 1. The maximum Gasteiger partial charge on any atom is 0.210 e. The van der Waals surface area contributed by atoms with E-state index in [-0.39, 0.29) is 22.7 Å². The van der Waals surface area contributed by atoms with Gasteiger partial charge in [0.05, 0.1) is 11.9 Å². The van der Waals surface area contributed by atoms with Crippen molar-refractivity contribution in [3.05, 3.63) is 69.8 Å². The third-order valence-electron chi connectivity index (χ3n) is 3.53. The largest absolute Gasteiger partial charge is 0.508 e. The van der Waals surface area contributed by atoms with Crippen molar-refractivity contribution < 1.29 is 9.90 Å². The van der Waals surface area contributed by atoms with Gasteiger partial charge in [-0.15, -0.1) is 33.4 Å². The summed E-state index contributed by atoms with van der Waals surface area (Å²) in [6.07, 6.45) is 2.37. The molecule has 0 unspecified atom stereocenters. The quantitative estimate of drug-likeness (QED) is 0.398. The second-order valence-corrected chi connectivity index (χ2v) is 5.94. The first kappa shape index (κ1) is 18.8. The average Bonchev–Trinajstić information content (AvgIpc) is 2.96. The molecule has 3 rings (SSSR count). The van der Waals surface area contributed by atoms with Crippen LogP contribution in [-0.2, 0) is 7.05 Å². The number of carbonyl (C=O) groups excluding carboxylic acids is 1. The number of rotatable bonds is 4. The van der Waals surface area contributed by atoms with Crippen LogP contribution < -0.4 is 4.80 Å². The summed E-state index contributed by atoms with van der Waals surface area (Å²) in [4.78, 5) is 11.7. The normalized spacial score (nSPS) is 11.5. The monoisotopic (exact) mass is 417 g/mol. The van der Waals surface area contributed by atoms with Gasteiger partial charge in [-0.05, 0) is 12.1 Å². The first-order chi connectivity index (χ1) is 11.7. The van der Waals surface area contributed by atoms with Gasteiger partial charge in [0.2, 0.25) is 4.80 Å². The molecule has 0 saturated heterocycles. The predicted octanol–water partition coefficient (Wildman–Crippen LogP) is 3.78. The number of phenolic OH excluding ortho intramolecular Hbond substituents is 1. The maximum absolute atomic E-state index is 11.0. The molecule has 128 valence electrons. The van der Waals surface area contributed by atoms with E-state index in [1.54, 1.807) is 36.5 Å². The standard InChI is InChI=1S/C18H15N3O2S.BrH/c1-21-17(13-7-4-8-16(23)9-13)12-24-18(21)20-19-10-14-5-2-3-6-15(14)11-22;/h2-12,23H,1H3;1H/b19-10+,20-18+;. The molecule has 0 bridgehead atoms. The highest BCUT2D eigenvalue weighted by Gasteiger charge is 2.05. The third kappa shape index (κ3) is 4.32. The number of aromatic hydroxyl groups is 1. The van der Waals surface area contributed by atoms with E-state index in [1.807, 2.05) is 35.2 Å². The van der Waals surface area contributed by atoms with E-state index in [1.165, 1.54) is 11.3 Å². The van der Waals surface area contributed by atoms with Crippen LogP contribution in [0, 0.1) is 0 Å². The molecule has 0 saturated carbocycles. The summed E-state index contributed by atoms with van der Waals surface area (Å²) in [7, 11) is 1.89. The van der Waals surface area contributed by atoms with Gasteiger partial charge in [-0.25, -0.2) is 0 Å². The molecule has 2 aromatic carbocycles. The highest BCUT2D eigenvalue weighted by Crippen LogP contribution is 2.22. The number of hydrogen-bond donors (Lipinski definition) is 1. The van der Waals surface area contributed by atoms with Gasteiger partial charge >= 0.3 is 0 Å². The van der Waals surface area contributed by atoms with Crippen molar-refractivity contribution >= 4 is 40.8 Å². The SMILES string of the molecule is Br.Cn1c(-c2cccc(O)c2)cs/c1=N/N=C/c1ccccc1C=O. The molecule has 0 amide bonds. The average molecular weight is 418 g/mol. The molecule has 3 aromatic rings. The Balaban J connectivity index is 0.00000225. The Morgan fingerprint density at radius 1 is 1.12 bits per heavy atom. The summed E-state index contributed by atoms with van der Waals surface area (Å²) in [5, 5.41) is 19.9. The number of hydrogen-bond acceptors (Lipinski definition) is 5. The van der Waals surface area contributed by atoms with Crippen LogP contribution in [0.1, 0.15) is 15.9 Å². The molecular weight excluding hydrogens is 402 g/mol. The fraction of sp³-hybridized carbons (Fsp3) is 0.0556. The zero-order chi connectivity index (χ0) is 16.9. The van der Waals surface area contributed by atoms with Crippen LogP contribution in [0.4, 0.5) is 0 Å². The Bertz CT molecular complexity index is 976. The van der Waals surface area contributed by atoms with Gasteiger partial charge in [0.1, 0.15) is 5.75 Å². The number of aldehydes is 1. The van der Waals surface area contributed by atoms with Gasteiger partial charge < -0.3 is 9.67 Å². The molecule has 7 heteroatoms. The van der Waals surface area contributed by atoms with Crippen molar-refractivity contribution in [2.45, 2.75) is 0 Å². The summed E-state index contributed by atoms with van der Waals surface area (Å²) in [6, 6.07) is 14.3. The molecule has 25 heavy (non-hydrogen) atoms. The number of aromatic nitrogens is 1. The Kier molecular flexibility index (Phi) is 6.44. The first-order valence-electron chi connectivity index (χ1n) is 7.24. The number of carbonyl (C=O) groups is 1. The highest BCUT2D eigenvalue weighted by atomic mass is 79.9. The first-order valence-corrected chi connectivity index (χ1v) is 8.12. The Labute approximate surface area is 159 Å². The third-order valence-corrected chi connectivity index (χ3v) is 4.44. The Morgan fingerprint density at radius 2 is 1.88 bits per heavy atom. The molecule has 1 heterocycles. The number of halogens is 1. The van der Waals surface area contributed by atoms with Crippen molar-refractivity contribution in [1.29, 1.82) is 0 Å². The maximum atomic E-state index is 11.0.